The molecule has 0 heterocycles. The Kier molecular flexibility index (Phi) is 10.2. The number of anilines is 1. The highest BCUT2D eigenvalue weighted by atomic mass is 35.5. The lowest BCUT2D eigenvalue weighted by atomic mass is 10.1. The van der Waals surface area contributed by atoms with Gasteiger partial charge in [-0.15, -0.1) is 0 Å². The molecule has 11 heteroatoms. The molecule has 0 bridgehead atoms. The number of hydrogen-bond donors (Lipinski definition) is 1. The summed E-state index contributed by atoms with van der Waals surface area (Å²) in [5, 5.41) is 3.58. The zero-order valence-corrected chi connectivity index (χ0v) is 22.7. The first-order chi connectivity index (χ1) is 16.3. The Balaban J connectivity index is 2.41. The number of carbonyl (C=O) groups excluding carboxylic acids is 2. The molecule has 0 aliphatic rings. The van der Waals surface area contributed by atoms with E-state index in [9.17, 15) is 18.0 Å². The minimum absolute atomic E-state index is 0.0131. The van der Waals surface area contributed by atoms with E-state index in [4.69, 9.17) is 27.9 Å². The molecule has 1 atom stereocenters. The van der Waals surface area contributed by atoms with E-state index in [0.717, 1.165) is 10.6 Å². The zero-order valence-electron chi connectivity index (χ0n) is 20.4. The maximum atomic E-state index is 13.5. The number of amides is 2. The molecule has 1 N–H and O–H groups in total. The molecule has 35 heavy (non-hydrogen) atoms. The van der Waals surface area contributed by atoms with Gasteiger partial charge in [0, 0.05) is 29.2 Å². The van der Waals surface area contributed by atoms with Crippen LogP contribution in [0.1, 0.15) is 26.3 Å². The van der Waals surface area contributed by atoms with Crippen LogP contribution in [0.4, 0.5) is 5.69 Å². The maximum absolute atomic E-state index is 13.5. The number of nitrogens with one attached hydrogen (secondary N) is 1. The monoisotopic (exact) mass is 543 g/mol. The van der Waals surface area contributed by atoms with E-state index in [0.29, 0.717) is 27.9 Å². The lowest BCUT2D eigenvalue weighted by molar-refractivity contribution is -0.139. The van der Waals surface area contributed by atoms with Crippen molar-refractivity contribution in [2.24, 2.45) is 5.92 Å². The number of rotatable bonds is 11. The smallest absolute Gasteiger partial charge is 0.244 e. The quantitative estimate of drug-likeness (QED) is 0.462. The molecule has 2 aromatic carbocycles. The summed E-state index contributed by atoms with van der Waals surface area (Å²) in [4.78, 5) is 27.7. The van der Waals surface area contributed by atoms with E-state index in [1.807, 2.05) is 13.8 Å². The summed E-state index contributed by atoms with van der Waals surface area (Å²) in [6, 6.07) is 10.3. The average Bonchev–Trinajstić information content (AvgIpc) is 2.79. The van der Waals surface area contributed by atoms with Gasteiger partial charge in [0.25, 0.3) is 0 Å². The summed E-state index contributed by atoms with van der Waals surface area (Å²) in [5.74, 6) is -0.273. The summed E-state index contributed by atoms with van der Waals surface area (Å²) in [7, 11) is -2.38. The number of ether oxygens (including phenoxy) is 1. The number of carbonyl (C=O) groups is 2. The van der Waals surface area contributed by atoms with Crippen LogP contribution in [0.3, 0.4) is 0 Å². The van der Waals surface area contributed by atoms with E-state index < -0.39 is 28.5 Å². The highest BCUT2D eigenvalue weighted by Gasteiger charge is 2.30. The standard InChI is InChI=1S/C24H31Cl2N3O5S/c1-16(2)13-27-24(31)17(3)28(14-18-9-10-19(25)11-22(18)26)23(30)15-29(35(5,32)33)20-7-6-8-21(12-20)34-4/h6-12,16-17H,13-15H2,1-5H3,(H,27,31)/t17-/m0/s1. The first kappa shape index (κ1) is 28.7. The molecule has 2 rings (SSSR count). The fraction of sp³-hybridized carbons (Fsp3) is 0.417. The Labute approximate surface area is 217 Å². The van der Waals surface area contributed by atoms with Crippen molar-refractivity contribution in [1.29, 1.82) is 0 Å². The van der Waals surface area contributed by atoms with Gasteiger partial charge in [-0.05, 0) is 42.7 Å². The molecule has 0 spiro atoms. The van der Waals surface area contributed by atoms with Crippen LogP contribution in [-0.2, 0) is 26.2 Å². The van der Waals surface area contributed by atoms with Crippen LogP contribution in [0.25, 0.3) is 0 Å². The molecule has 8 nitrogen and oxygen atoms in total. The largest absolute Gasteiger partial charge is 0.497 e. The predicted molar refractivity (Wildman–Crippen MR) is 140 cm³/mol. The lowest BCUT2D eigenvalue weighted by Crippen LogP contribution is -2.51. The van der Waals surface area contributed by atoms with E-state index >= 15 is 0 Å². The molecule has 0 saturated heterocycles. The van der Waals surface area contributed by atoms with Crippen molar-refractivity contribution in [3.63, 3.8) is 0 Å². The highest BCUT2D eigenvalue weighted by molar-refractivity contribution is 7.92. The van der Waals surface area contributed by atoms with Crippen molar-refractivity contribution in [1.82, 2.24) is 10.2 Å². The van der Waals surface area contributed by atoms with Crippen LogP contribution >= 0.6 is 23.2 Å². The lowest BCUT2D eigenvalue weighted by Gasteiger charge is -2.32. The number of hydrogen-bond acceptors (Lipinski definition) is 5. The molecule has 2 aromatic rings. The number of benzene rings is 2. The molecule has 0 aromatic heterocycles. The first-order valence-corrected chi connectivity index (χ1v) is 13.6. The Hall–Kier alpha value is -2.49. The van der Waals surface area contributed by atoms with Gasteiger partial charge in [-0.2, -0.15) is 0 Å². The molecular weight excluding hydrogens is 513 g/mol. The maximum Gasteiger partial charge on any atom is 0.244 e. The Morgan fingerprint density at radius 2 is 1.77 bits per heavy atom. The van der Waals surface area contributed by atoms with E-state index in [1.54, 1.807) is 43.3 Å². The van der Waals surface area contributed by atoms with Gasteiger partial charge in [0.05, 0.1) is 19.1 Å². The van der Waals surface area contributed by atoms with Crippen LogP contribution in [0.5, 0.6) is 5.75 Å². The number of methoxy groups -OCH3 is 1. The second-order valence-electron chi connectivity index (χ2n) is 8.54. The molecule has 0 saturated carbocycles. The molecule has 0 fully saturated rings. The predicted octanol–water partition coefficient (Wildman–Crippen LogP) is 3.96. The molecule has 0 aliphatic heterocycles. The summed E-state index contributed by atoms with van der Waals surface area (Å²) in [6.45, 7) is 5.42. The minimum Gasteiger partial charge on any atom is -0.497 e. The topological polar surface area (TPSA) is 96.0 Å². The number of sulfonamides is 1. The molecule has 0 aliphatic carbocycles. The van der Waals surface area contributed by atoms with E-state index in [2.05, 4.69) is 5.32 Å². The molecule has 192 valence electrons. The summed E-state index contributed by atoms with van der Waals surface area (Å²) in [5.41, 5.74) is 0.835. The number of nitrogens with zero attached hydrogens (tertiary/aromatic N) is 2. The fourth-order valence-corrected chi connectivity index (χ4v) is 4.56. The van der Waals surface area contributed by atoms with Crippen molar-refractivity contribution < 1.29 is 22.7 Å². The normalized spacial score (nSPS) is 12.2. The van der Waals surface area contributed by atoms with Crippen LogP contribution in [-0.4, -0.2) is 57.6 Å². The van der Waals surface area contributed by atoms with Gasteiger partial charge in [-0.1, -0.05) is 49.2 Å². The van der Waals surface area contributed by atoms with Gasteiger partial charge >= 0.3 is 0 Å². The van der Waals surface area contributed by atoms with Gasteiger partial charge in [0.15, 0.2) is 0 Å². The second kappa shape index (κ2) is 12.5. The van der Waals surface area contributed by atoms with Crippen molar-refractivity contribution in [2.45, 2.75) is 33.4 Å². The highest BCUT2D eigenvalue weighted by Crippen LogP contribution is 2.25. The van der Waals surface area contributed by atoms with Crippen molar-refractivity contribution in [3.05, 3.63) is 58.1 Å². The minimum atomic E-state index is -3.84. The molecular formula is C24H31Cl2N3O5S. The van der Waals surface area contributed by atoms with Crippen LogP contribution in [0, 0.1) is 5.92 Å². The summed E-state index contributed by atoms with van der Waals surface area (Å²) >= 11 is 12.3. The van der Waals surface area contributed by atoms with Gasteiger partial charge in [0.1, 0.15) is 18.3 Å². The van der Waals surface area contributed by atoms with Gasteiger partial charge in [0.2, 0.25) is 21.8 Å². The Morgan fingerprint density at radius 1 is 1.09 bits per heavy atom. The SMILES string of the molecule is COc1cccc(N(CC(=O)N(Cc2ccc(Cl)cc2Cl)[C@@H](C)C(=O)NCC(C)C)S(C)(=O)=O)c1. The van der Waals surface area contributed by atoms with Gasteiger partial charge < -0.3 is 15.0 Å². The molecule has 0 unspecified atom stereocenters. The van der Waals surface area contributed by atoms with Crippen molar-refractivity contribution >= 4 is 50.7 Å². The summed E-state index contributed by atoms with van der Waals surface area (Å²) < 4.78 is 31.4. The van der Waals surface area contributed by atoms with E-state index in [1.165, 1.54) is 18.1 Å². The van der Waals surface area contributed by atoms with Gasteiger partial charge in [-0.3, -0.25) is 13.9 Å². The van der Waals surface area contributed by atoms with Crippen LogP contribution in [0.15, 0.2) is 42.5 Å². The zero-order chi connectivity index (χ0) is 26.3. The van der Waals surface area contributed by atoms with Crippen LogP contribution < -0.4 is 14.4 Å². The average molecular weight is 545 g/mol. The Bertz CT molecular complexity index is 1160. The third kappa shape index (κ3) is 8.30. The fourth-order valence-electron chi connectivity index (χ4n) is 3.25. The van der Waals surface area contributed by atoms with E-state index in [-0.39, 0.29) is 24.1 Å². The Morgan fingerprint density at radius 3 is 2.34 bits per heavy atom. The number of halogens is 2. The van der Waals surface area contributed by atoms with Crippen molar-refractivity contribution in [2.75, 3.05) is 30.8 Å². The third-order valence-corrected chi connectivity index (χ3v) is 6.96. The first-order valence-electron chi connectivity index (χ1n) is 11.0. The van der Waals surface area contributed by atoms with Crippen LogP contribution in [0.2, 0.25) is 10.0 Å². The third-order valence-electron chi connectivity index (χ3n) is 5.23. The van der Waals surface area contributed by atoms with Gasteiger partial charge in [-0.25, -0.2) is 8.42 Å². The molecule has 0 radical (unpaired) electrons. The second-order valence-corrected chi connectivity index (χ2v) is 11.3. The summed E-state index contributed by atoms with van der Waals surface area (Å²) in [6.07, 6.45) is 1.01. The van der Waals surface area contributed by atoms with Crippen molar-refractivity contribution in [3.8, 4) is 5.75 Å². The molecule has 2 amide bonds.